The predicted octanol–water partition coefficient (Wildman–Crippen LogP) is 2.96. The van der Waals surface area contributed by atoms with E-state index in [-0.39, 0.29) is 11.9 Å². The second-order valence-electron chi connectivity index (χ2n) is 3.38. The molecule has 1 atom stereocenters. The van der Waals surface area contributed by atoms with Gasteiger partial charge in [0.1, 0.15) is 0 Å². The monoisotopic (exact) mass is 240 g/mol. The number of carboxylic acid groups (broad SMARTS) is 1. The second kappa shape index (κ2) is 6.55. The molecule has 0 spiro atoms. The van der Waals surface area contributed by atoms with E-state index in [0.29, 0.717) is 0 Å². The van der Waals surface area contributed by atoms with E-state index in [9.17, 15) is 4.79 Å². The third-order valence-electron chi connectivity index (χ3n) is 2.27. The van der Waals surface area contributed by atoms with E-state index in [1.807, 2.05) is 24.3 Å². The SMILES string of the molecule is CCC(OC)c1ccc(SCC(=O)O)cc1. The van der Waals surface area contributed by atoms with Crippen molar-refractivity contribution < 1.29 is 14.6 Å². The summed E-state index contributed by atoms with van der Waals surface area (Å²) in [5.41, 5.74) is 1.13. The summed E-state index contributed by atoms with van der Waals surface area (Å²) < 4.78 is 5.32. The van der Waals surface area contributed by atoms with Crippen molar-refractivity contribution in [3.8, 4) is 0 Å². The molecule has 0 amide bonds. The Labute approximate surface area is 99.8 Å². The van der Waals surface area contributed by atoms with Crippen LogP contribution in [0, 0.1) is 0 Å². The minimum Gasteiger partial charge on any atom is -0.481 e. The fourth-order valence-corrected chi connectivity index (χ4v) is 2.08. The molecule has 0 saturated carbocycles. The lowest BCUT2D eigenvalue weighted by Crippen LogP contribution is -2.00. The maximum absolute atomic E-state index is 10.4. The number of carboxylic acids is 1. The smallest absolute Gasteiger partial charge is 0.313 e. The molecule has 1 unspecified atom stereocenters. The van der Waals surface area contributed by atoms with E-state index < -0.39 is 5.97 Å². The summed E-state index contributed by atoms with van der Waals surface area (Å²) in [5.74, 6) is -0.696. The Balaban J connectivity index is 2.63. The molecule has 0 saturated heterocycles. The Kier molecular flexibility index (Phi) is 5.35. The van der Waals surface area contributed by atoms with Crippen LogP contribution in [0.15, 0.2) is 29.2 Å². The molecule has 0 fully saturated rings. The summed E-state index contributed by atoms with van der Waals surface area (Å²) in [6.45, 7) is 2.07. The first kappa shape index (κ1) is 13.1. The summed E-state index contributed by atoms with van der Waals surface area (Å²) in [6, 6.07) is 7.85. The van der Waals surface area contributed by atoms with Crippen molar-refractivity contribution in [3.63, 3.8) is 0 Å². The van der Waals surface area contributed by atoms with Crippen LogP contribution in [0.4, 0.5) is 0 Å². The average molecular weight is 240 g/mol. The van der Waals surface area contributed by atoms with Crippen molar-refractivity contribution in [2.45, 2.75) is 24.3 Å². The first-order chi connectivity index (χ1) is 7.67. The van der Waals surface area contributed by atoms with E-state index in [4.69, 9.17) is 9.84 Å². The van der Waals surface area contributed by atoms with Crippen molar-refractivity contribution in [2.24, 2.45) is 0 Å². The lowest BCUT2D eigenvalue weighted by atomic mass is 10.1. The molecule has 4 heteroatoms. The number of hydrogen-bond acceptors (Lipinski definition) is 3. The number of thioether (sulfide) groups is 1. The maximum Gasteiger partial charge on any atom is 0.313 e. The Hall–Kier alpha value is -1.00. The zero-order valence-corrected chi connectivity index (χ0v) is 10.3. The molecule has 1 aromatic rings. The zero-order chi connectivity index (χ0) is 12.0. The van der Waals surface area contributed by atoms with Crippen molar-refractivity contribution in [1.82, 2.24) is 0 Å². The molecule has 0 radical (unpaired) electrons. The van der Waals surface area contributed by atoms with E-state index in [1.165, 1.54) is 11.8 Å². The van der Waals surface area contributed by atoms with Gasteiger partial charge in [-0.3, -0.25) is 4.79 Å². The summed E-state index contributed by atoms with van der Waals surface area (Å²) in [7, 11) is 1.70. The van der Waals surface area contributed by atoms with Crippen LogP contribution in [0.3, 0.4) is 0 Å². The van der Waals surface area contributed by atoms with Gasteiger partial charge in [0.15, 0.2) is 0 Å². The molecule has 3 nitrogen and oxygen atoms in total. The summed E-state index contributed by atoms with van der Waals surface area (Å²) >= 11 is 1.32. The van der Waals surface area contributed by atoms with Crippen LogP contribution in [0.1, 0.15) is 25.0 Å². The summed E-state index contributed by atoms with van der Waals surface area (Å²) in [4.78, 5) is 11.4. The van der Waals surface area contributed by atoms with Crippen LogP contribution < -0.4 is 0 Å². The van der Waals surface area contributed by atoms with Gasteiger partial charge in [0.05, 0.1) is 11.9 Å². The van der Waals surface area contributed by atoms with Gasteiger partial charge < -0.3 is 9.84 Å². The molecular formula is C12H16O3S. The lowest BCUT2D eigenvalue weighted by Gasteiger charge is -2.13. The van der Waals surface area contributed by atoms with Gasteiger partial charge in [-0.25, -0.2) is 0 Å². The molecule has 88 valence electrons. The van der Waals surface area contributed by atoms with Gasteiger partial charge in [-0.1, -0.05) is 19.1 Å². The van der Waals surface area contributed by atoms with Gasteiger partial charge in [0, 0.05) is 12.0 Å². The molecule has 16 heavy (non-hydrogen) atoms. The number of rotatable bonds is 6. The molecule has 1 aromatic carbocycles. The maximum atomic E-state index is 10.4. The number of benzene rings is 1. The largest absolute Gasteiger partial charge is 0.481 e. The van der Waals surface area contributed by atoms with E-state index in [1.54, 1.807) is 7.11 Å². The molecule has 0 aliphatic heterocycles. The van der Waals surface area contributed by atoms with Crippen molar-refractivity contribution in [1.29, 1.82) is 0 Å². The normalized spacial score (nSPS) is 12.4. The van der Waals surface area contributed by atoms with Gasteiger partial charge in [0.25, 0.3) is 0 Å². The van der Waals surface area contributed by atoms with Gasteiger partial charge >= 0.3 is 5.97 Å². The molecule has 0 bridgehead atoms. The highest BCUT2D eigenvalue weighted by atomic mass is 32.2. The Morgan fingerprint density at radius 3 is 2.50 bits per heavy atom. The quantitative estimate of drug-likeness (QED) is 0.776. The predicted molar refractivity (Wildman–Crippen MR) is 64.8 cm³/mol. The molecule has 0 aliphatic carbocycles. The number of carbonyl (C=O) groups is 1. The summed E-state index contributed by atoms with van der Waals surface area (Å²) in [5, 5.41) is 8.55. The van der Waals surface area contributed by atoms with Crippen LogP contribution in [-0.4, -0.2) is 23.9 Å². The fraction of sp³-hybridized carbons (Fsp3) is 0.417. The first-order valence-electron chi connectivity index (χ1n) is 5.14. The first-order valence-corrected chi connectivity index (χ1v) is 6.13. The minimum atomic E-state index is -0.794. The third kappa shape index (κ3) is 3.87. The molecule has 0 aromatic heterocycles. The number of aliphatic carboxylic acids is 1. The van der Waals surface area contributed by atoms with Crippen molar-refractivity contribution in [2.75, 3.05) is 12.9 Å². The highest BCUT2D eigenvalue weighted by Gasteiger charge is 2.07. The molecule has 0 heterocycles. The molecular weight excluding hydrogens is 224 g/mol. The van der Waals surface area contributed by atoms with Gasteiger partial charge in [-0.05, 0) is 24.1 Å². The number of methoxy groups -OCH3 is 1. The Bertz CT molecular complexity index is 331. The Morgan fingerprint density at radius 2 is 2.06 bits per heavy atom. The number of ether oxygens (including phenoxy) is 1. The van der Waals surface area contributed by atoms with E-state index in [0.717, 1.165) is 16.9 Å². The lowest BCUT2D eigenvalue weighted by molar-refractivity contribution is -0.133. The van der Waals surface area contributed by atoms with Crippen LogP contribution in [0.25, 0.3) is 0 Å². The second-order valence-corrected chi connectivity index (χ2v) is 4.43. The standard InChI is InChI=1S/C12H16O3S/c1-3-11(15-2)9-4-6-10(7-5-9)16-8-12(13)14/h4-7,11H,3,8H2,1-2H3,(H,13,14). The van der Waals surface area contributed by atoms with Crippen LogP contribution in [-0.2, 0) is 9.53 Å². The number of hydrogen-bond donors (Lipinski definition) is 1. The summed E-state index contributed by atoms with van der Waals surface area (Å²) in [6.07, 6.45) is 1.05. The molecule has 1 rings (SSSR count). The van der Waals surface area contributed by atoms with Crippen molar-refractivity contribution >= 4 is 17.7 Å². The van der Waals surface area contributed by atoms with Gasteiger partial charge in [0.2, 0.25) is 0 Å². The van der Waals surface area contributed by atoms with Gasteiger partial charge in [-0.15, -0.1) is 11.8 Å². The van der Waals surface area contributed by atoms with E-state index in [2.05, 4.69) is 6.92 Å². The van der Waals surface area contributed by atoms with Gasteiger partial charge in [-0.2, -0.15) is 0 Å². The van der Waals surface area contributed by atoms with E-state index >= 15 is 0 Å². The van der Waals surface area contributed by atoms with Crippen LogP contribution in [0.2, 0.25) is 0 Å². The van der Waals surface area contributed by atoms with Crippen LogP contribution >= 0.6 is 11.8 Å². The highest BCUT2D eigenvalue weighted by Crippen LogP contribution is 2.24. The molecule has 0 aliphatic rings. The zero-order valence-electron chi connectivity index (χ0n) is 9.47. The van der Waals surface area contributed by atoms with Crippen molar-refractivity contribution in [3.05, 3.63) is 29.8 Å². The topological polar surface area (TPSA) is 46.5 Å². The highest BCUT2D eigenvalue weighted by molar-refractivity contribution is 8.00. The minimum absolute atomic E-state index is 0.0980. The molecule has 1 N–H and O–H groups in total. The fourth-order valence-electron chi connectivity index (χ4n) is 1.46. The van der Waals surface area contributed by atoms with Crippen LogP contribution in [0.5, 0.6) is 0 Å². The average Bonchev–Trinajstić information content (AvgIpc) is 2.29. The third-order valence-corrected chi connectivity index (χ3v) is 3.27. The Morgan fingerprint density at radius 1 is 1.44 bits per heavy atom.